The van der Waals surface area contributed by atoms with Gasteiger partial charge in [-0.15, -0.1) is 0 Å². The maximum Gasteiger partial charge on any atom is 0.234 e. The monoisotopic (exact) mass is 287 g/mol. The number of aromatic nitrogens is 1. The van der Waals surface area contributed by atoms with Crippen LogP contribution in [0.5, 0.6) is 5.75 Å². The highest BCUT2D eigenvalue weighted by atomic mass is 16.5. The fraction of sp³-hybridized carbons (Fsp3) is 0.375. The highest BCUT2D eigenvalue weighted by Crippen LogP contribution is 2.18. The molecular weight excluding hydrogens is 266 g/mol. The van der Waals surface area contributed by atoms with Gasteiger partial charge in [0.25, 0.3) is 0 Å². The molecule has 1 aromatic carbocycles. The van der Waals surface area contributed by atoms with Crippen LogP contribution in [0.25, 0.3) is 10.9 Å². The Morgan fingerprint density at radius 1 is 1.38 bits per heavy atom. The number of nitrogens with one attached hydrogen (secondary N) is 1. The first kappa shape index (κ1) is 15.3. The number of amides is 1. The molecular formula is C16H21N3O2. The Labute approximate surface area is 124 Å². The summed E-state index contributed by atoms with van der Waals surface area (Å²) in [6.45, 7) is 4.38. The van der Waals surface area contributed by atoms with Crippen molar-refractivity contribution in [2.24, 2.45) is 5.73 Å². The molecule has 0 saturated carbocycles. The Morgan fingerprint density at radius 2 is 2.19 bits per heavy atom. The zero-order valence-electron chi connectivity index (χ0n) is 12.4. The number of primary amides is 1. The van der Waals surface area contributed by atoms with Crippen LogP contribution in [-0.4, -0.2) is 29.6 Å². The number of carbonyl (C=O) groups excluding carboxylic acids is 1. The van der Waals surface area contributed by atoms with E-state index in [1.165, 1.54) is 0 Å². The number of pyridine rings is 1. The third-order valence-corrected chi connectivity index (χ3v) is 3.13. The molecule has 0 aliphatic heterocycles. The zero-order chi connectivity index (χ0) is 15.2. The average molecular weight is 287 g/mol. The molecule has 0 saturated heterocycles. The predicted molar refractivity (Wildman–Crippen MR) is 83.1 cm³/mol. The molecule has 0 aliphatic rings. The molecule has 3 N–H and O–H groups in total. The minimum absolute atomic E-state index is 0.201. The summed E-state index contributed by atoms with van der Waals surface area (Å²) < 4.78 is 5.69. The van der Waals surface area contributed by atoms with Crippen molar-refractivity contribution in [3.63, 3.8) is 0 Å². The predicted octanol–water partition coefficient (Wildman–Crippen LogP) is 1.86. The second kappa shape index (κ2) is 7.04. The molecule has 1 unspecified atom stereocenters. The lowest BCUT2D eigenvalue weighted by molar-refractivity contribution is -0.120. The summed E-state index contributed by atoms with van der Waals surface area (Å²) >= 11 is 0. The fourth-order valence-corrected chi connectivity index (χ4v) is 2.14. The molecule has 0 bridgehead atoms. The van der Waals surface area contributed by atoms with Crippen molar-refractivity contribution in [2.45, 2.75) is 32.4 Å². The van der Waals surface area contributed by atoms with Gasteiger partial charge in [0, 0.05) is 30.1 Å². The normalized spacial score (nSPS) is 12.5. The fourth-order valence-electron chi connectivity index (χ4n) is 2.14. The van der Waals surface area contributed by atoms with Crippen molar-refractivity contribution < 1.29 is 9.53 Å². The van der Waals surface area contributed by atoms with E-state index in [2.05, 4.69) is 10.3 Å². The molecule has 0 radical (unpaired) electrons. The first-order valence-corrected chi connectivity index (χ1v) is 7.09. The quantitative estimate of drug-likeness (QED) is 0.815. The molecule has 1 heterocycles. The molecule has 5 heteroatoms. The van der Waals surface area contributed by atoms with Gasteiger partial charge in [-0.25, -0.2) is 0 Å². The van der Waals surface area contributed by atoms with E-state index in [0.29, 0.717) is 13.0 Å². The Hall–Kier alpha value is -2.14. The minimum Gasteiger partial charge on any atom is -0.493 e. The third-order valence-electron chi connectivity index (χ3n) is 3.13. The number of nitrogens with two attached hydrogens (primary N) is 1. The largest absolute Gasteiger partial charge is 0.493 e. The van der Waals surface area contributed by atoms with Gasteiger partial charge in [0.1, 0.15) is 5.75 Å². The molecule has 112 valence electrons. The van der Waals surface area contributed by atoms with Gasteiger partial charge in [-0.3, -0.25) is 9.78 Å². The molecule has 21 heavy (non-hydrogen) atoms. The maximum absolute atomic E-state index is 11.3. The van der Waals surface area contributed by atoms with Crippen molar-refractivity contribution in [1.82, 2.24) is 10.3 Å². The number of ether oxygens (including phenoxy) is 1. The number of fused-ring (bicyclic) bond motifs is 1. The van der Waals surface area contributed by atoms with Crippen LogP contribution in [0.15, 0.2) is 36.5 Å². The Kier molecular flexibility index (Phi) is 5.11. The van der Waals surface area contributed by atoms with Crippen LogP contribution in [0.1, 0.15) is 20.3 Å². The van der Waals surface area contributed by atoms with Gasteiger partial charge < -0.3 is 15.8 Å². The number of benzene rings is 1. The summed E-state index contributed by atoms with van der Waals surface area (Å²) in [6.07, 6.45) is 2.29. The smallest absolute Gasteiger partial charge is 0.234 e. The van der Waals surface area contributed by atoms with Crippen molar-refractivity contribution >= 4 is 16.8 Å². The van der Waals surface area contributed by atoms with Crippen LogP contribution in [-0.2, 0) is 4.79 Å². The molecule has 5 nitrogen and oxygen atoms in total. The molecule has 1 aromatic heterocycles. The van der Waals surface area contributed by atoms with Crippen LogP contribution in [0.3, 0.4) is 0 Å². The van der Waals surface area contributed by atoms with Gasteiger partial charge in [-0.05, 0) is 18.2 Å². The summed E-state index contributed by atoms with van der Waals surface area (Å²) in [5, 5.41) is 4.20. The average Bonchev–Trinajstić information content (AvgIpc) is 2.45. The van der Waals surface area contributed by atoms with E-state index in [9.17, 15) is 4.79 Å². The van der Waals surface area contributed by atoms with Crippen LogP contribution in [0.2, 0.25) is 0 Å². The molecule has 2 aromatic rings. The number of nitrogens with zero attached hydrogens (tertiary/aromatic N) is 1. The SMILES string of the molecule is CC(C)NC(CCOc1ccc2cccnc2c1)C(N)=O. The molecule has 0 aliphatic carbocycles. The van der Waals surface area contributed by atoms with Gasteiger partial charge in [0.2, 0.25) is 5.91 Å². The molecule has 2 rings (SSSR count). The van der Waals surface area contributed by atoms with Crippen molar-refractivity contribution in [3.8, 4) is 5.75 Å². The minimum atomic E-state index is -0.372. The molecule has 1 amide bonds. The van der Waals surface area contributed by atoms with E-state index < -0.39 is 0 Å². The first-order valence-electron chi connectivity index (χ1n) is 7.09. The topological polar surface area (TPSA) is 77.2 Å². The number of hydrogen-bond donors (Lipinski definition) is 2. The first-order chi connectivity index (χ1) is 10.1. The number of carbonyl (C=O) groups is 1. The van der Waals surface area contributed by atoms with Crippen LogP contribution < -0.4 is 15.8 Å². The highest BCUT2D eigenvalue weighted by molar-refractivity contribution is 5.80. The molecule has 0 fully saturated rings. The Balaban J connectivity index is 1.93. The van der Waals surface area contributed by atoms with E-state index in [4.69, 9.17) is 10.5 Å². The lowest BCUT2D eigenvalue weighted by atomic mass is 10.2. The Bertz CT molecular complexity index is 613. The summed E-state index contributed by atoms with van der Waals surface area (Å²) in [5.74, 6) is 0.390. The third kappa shape index (κ3) is 4.43. The van der Waals surface area contributed by atoms with Crippen LogP contribution in [0.4, 0.5) is 0 Å². The van der Waals surface area contributed by atoms with Crippen LogP contribution >= 0.6 is 0 Å². The lowest BCUT2D eigenvalue weighted by Crippen LogP contribution is -2.45. The van der Waals surface area contributed by atoms with E-state index in [1.807, 2.05) is 44.2 Å². The van der Waals surface area contributed by atoms with Crippen LogP contribution in [0, 0.1) is 0 Å². The maximum atomic E-state index is 11.3. The van der Waals surface area contributed by atoms with Gasteiger partial charge in [-0.2, -0.15) is 0 Å². The standard InChI is InChI=1S/C16H21N3O2/c1-11(2)19-14(16(17)20)7-9-21-13-6-5-12-4-3-8-18-15(12)10-13/h3-6,8,10-11,14,19H,7,9H2,1-2H3,(H2,17,20). The highest BCUT2D eigenvalue weighted by Gasteiger charge is 2.15. The van der Waals surface area contributed by atoms with Crippen molar-refractivity contribution in [1.29, 1.82) is 0 Å². The summed E-state index contributed by atoms with van der Waals surface area (Å²) in [4.78, 5) is 15.6. The molecule has 1 atom stereocenters. The van der Waals surface area contributed by atoms with E-state index in [1.54, 1.807) is 6.20 Å². The summed E-state index contributed by atoms with van der Waals surface area (Å²) in [5.41, 5.74) is 6.26. The Morgan fingerprint density at radius 3 is 2.90 bits per heavy atom. The van der Waals surface area contributed by atoms with Crippen molar-refractivity contribution in [2.75, 3.05) is 6.61 Å². The molecule has 0 spiro atoms. The van der Waals surface area contributed by atoms with E-state index in [0.717, 1.165) is 16.7 Å². The summed E-state index contributed by atoms with van der Waals surface area (Å²) in [6, 6.07) is 9.50. The second-order valence-electron chi connectivity index (χ2n) is 5.27. The van der Waals surface area contributed by atoms with E-state index >= 15 is 0 Å². The van der Waals surface area contributed by atoms with Gasteiger partial charge in [0.05, 0.1) is 18.2 Å². The van der Waals surface area contributed by atoms with E-state index in [-0.39, 0.29) is 18.0 Å². The second-order valence-corrected chi connectivity index (χ2v) is 5.27. The van der Waals surface area contributed by atoms with Gasteiger partial charge in [0.15, 0.2) is 0 Å². The number of hydrogen-bond acceptors (Lipinski definition) is 4. The summed E-state index contributed by atoms with van der Waals surface area (Å²) in [7, 11) is 0. The van der Waals surface area contributed by atoms with Crippen molar-refractivity contribution in [3.05, 3.63) is 36.5 Å². The lowest BCUT2D eigenvalue weighted by Gasteiger charge is -2.18. The van der Waals surface area contributed by atoms with Gasteiger partial charge >= 0.3 is 0 Å². The van der Waals surface area contributed by atoms with Gasteiger partial charge in [-0.1, -0.05) is 19.9 Å². The number of rotatable bonds is 7. The zero-order valence-corrected chi connectivity index (χ0v) is 12.4.